The minimum atomic E-state index is -0.750. The third-order valence-corrected chi connectivity index (χ3v) is 3.04. The topological polar surface area (TPSA) is 101 Å². The summed E-state index contributed by atoms with van der Waals surface area (Å²) in [7, 11) is 0. The van der Waals surface area contributed by atoms with Gasteiger partial charge in [0, 0.05) is 5.69 Å². The van der Waals surface area contributed by atoms with Crippen LogP contribution in [0.1, 0.15) is 32.3 Å². The van der Waals surface area contributed by atoms with Crippen LogP contribution < -0.4 is 16.4 Å². The van der Waals surface area contributed by atoms with E-state index >= 15 is 0 Å². The summed E-state index contributed by atoms with van der Waals surface area (Å²) in [5, 5.41) is 5.13. The van der Waals surface area contributed by atoms with Gasteiger partial charge in [-0.25, -0.2) is 0 Å². The molecule has 6 heteroatoms. The number of aryl methyl sites for hydroxylation is 1. The van der Waals surface area contributed by atoms with Crippen molar-refractivity contribution in [3.05, 3.63) is 29.8 Å². The van der Waals surface area contributed by atoms with Gasteiger partial charge >= 0.3 is 0 Å². The zero-order valence-corrected chi connectivity index (χ0v) is 13.2. The van der Waals surface area contributed by atoms with Crippen molar-refractivity contribution in [1.82, 2.24) is 5.32 Å². The first-order valence-corrected chi connectivity index (χ1v) is 7.23. The maximum Gasteiger partial charge on any atom is 0.240 e. The van der Waals surface area contributed by atoms with Crippen LogP contribution in [0.5, 0.6) is 0 Å². The van der Waals surface area contributed by atoms with Gasteiger partial charge in [0.1, 0.15) is 12.5 Å². The Labute approximate surface area is 130 Å². The number of hydrogen-bond donors (Lipinski definition) is 3. The fourth-order valence-electron chi connectivity index (χ4n) is 1.95. The van der Waals surface area contributed by atoms with Gasteiger partial charge in [-0.05, 0) is 31.4 Å². The van der Waals surface area contributed by atoms with Gasteiger partial charge in [-0.2, -0.15) is 0 Å². The van der Waals surface area contributed by atoms with Crippen molar-refractivity contribution in [2.75, 3.05) is 5.32 Å². The highest BCUT2D eigenvalue weighted by Crippen LogP contribution is 2.09. The van der Waals surface area contributed by atoms with Crippen LogP contribution in [0, 0.1) is 12.8 Å². The van der Waals surface area contributed by atoms with Gasteiger partial charge < -0.3 is 16.4 Å². The molecule has 0 saturated carbocycles. The molecule has 0 unspecified atom stereocenters. The molecule has 1 aromatic carbocycles. The molecule has 1 aromatic rings. The molecule has 0 heterocycles. The highest BCUT2D eigenvalue weighted by atomic mass is 16.2. The average Bonchev–Trinajstić information content (AvgIpc) is 2.39. The summed E-state index contributed by atoms with van der Waals surface area (Å²) in [5.74, 6) is -1.34. The van der Waals surface area contributed by atoms with Crippen LogP contribution in [0.2, 0.25) is 0 Å². The molecule has 6 nitrogen and oxygen atoms in total. The van der Waals surface area contributed by atoms with E-state index in [9.17, 15) is 14.4 Å². The molecule has 0 saturated heterocycles. The van der Waals surface area contributed by atoms with E-state index in [1.807, 2.05) is 32.9 Å². The molecular weight excluding hydrogens is 282 g/mol. The Balaban J connectivity index is 2.50. The Hall–Kier alpha value is -2.37. The second kappa shape index (κ2) is 8.17. The quantitative estimate of drug-likeness (QED) is 0.662. The molecule has 120 valence electrons. The van der Waals surface area contributed by atoms with Crippen LogP contribution in [-0.2, 0) is 14.4 Å². The second-order valence-electron chi connectivity index (χ2n) is 5.74. The third-order valence-electron chi connectivity index (χ3n) is 3.04. The highest BCUT2D eigenvalue weighted by Gasteiger charge is 2.20. The Morgan fingerprint density at radius 1 is 1.09 bits per heavy atom. The summed E-state index contributed by atoms with van der Waals surface area (Å²) in [6.45, 7) is 5.79. The molecule has 0 fully saturated rings. The normalized spacial score (nSPS) is 11.8. The van der Waals surface area contributed by atoms with Crippen LogP contribution in [0.3, 0.4) is 0 Å². The lowest BCUT2D eigenvalue weighted by Gasteiger charge is -2.17. The molecule has 3 amide bonds. The van der Waals surface area contributed by atoms with Gasteiger partial charge in [0.05, 0.1) is 0 Å². The molecule has 0 aliphatic heterocycles. The van der Waals surface area contributed by atoms with Crippen molar-refractivity contribution in [2.45, 2.75) is 39.7 Å². The van der Waals surface area contributed by atoms with Crippen molar-refractivity contribution in [3.8, 4) is 0 Å². The minimum absolute atomic E-state index is 0.208. The summed E-state index contributed by atoms with van der Waals surface area (Å²) < 4.78 is 0. The number of primary amides is 1. The number of amides is 3. The van der Waals surface area contributed by atoms with Crippen molar-refractivity contribution < 1.29 is 14.4 Å². The second-order valence-corrected chi connectivity index (χ2v) is 5.74. The van der Waals surface area contributed by atoms with Crippen molar-refractivity contribution in [2.24, 2.45) is 11.7 Å². The largest absolute Gasteiger partial charge is 0.368 e. The highest BCUT2D eigenvalue weighted by molar-refractivity contribution is 6.04. The van der Waals surface area contributed by atoms with Crippen LogP contribution in [0.4, 0.5) is 5.69 Å². The molecular formula is C16H23N3O3. The molecule has 0 radical (unpaired) electrons. The Morgan fingerprint density at radius 2 is 1.68 bits per heavy atom. The Morgan fingerprint density at radius 3 is 2.18 bits per heavy atom. The molecule has 4 N–H and O–H groups in total. The molecule has 0 bridgehead atoms. The predicted molar refractivity (Wildman–Crippen MR) is 85.0 cm³/mol. The lowest BCUT2D eigenvalue weighted by atomic mass is 10.0. The molecule has 0 aliphatic carbocycles. The Bertz CT molecular complexity index is 538. The summed E-state index contributed by atoms with van der Waals surface area (Å²) in [4.78, 5) is 34.9. The molecule has 0 aromatic heterocycles. The maximum atomic E-state index is 11.8. The van der Waals surface area contributed by atoms with Crippen molar-refractivity contribution in [1.29, 1.82) is 0 Å². The number of nitrogens with two attached hydrogens (primary N) is 1. The lowest BCUT2D eigenvalue weighted by molar-refractivity contribution is -0.130. The van der Waals surface area contributed by atoms with Gasteiger partial charge in [-0.1, -0.05) is 31.5 Å². The van der Waals surface area contributed by atoms with Gasteiger partial charge in [0.15, 0.2) is 0 Å². The van der Waals surface area contributed by atoms with E-state index in [4.69, 9.17) is 5.73 Å². The number of anilines is 1. The fourth-order valence-corrected chi connectivity index (χ4v) is 1.95. The number of nitrogens with one attached hydrogen (secondary N) is 2. The summed E-state index contributed by atoms with van der Waals surface area (Å²) >= 11 is 0. The number of carbonyl (C=O) groups excluding carboxylic acids is 3. The first kappa shape index (κ1) is 17.7. The number of rotatable bonds is 7. The zero-order valence-electron chi connectivity index (χ0n) is 13.2. The average molecular weight is 305 g/mol. The number of carbonyl (C=O) groups is 3. The smallest absolute Gasteiger partial charge is 0.240 e. The third kappa shape index (κ3) is 6.39. The summed E-state index contributed by atoms with van der Waals surface area (Å²) in [6.07, 6.45) is 0.0937. The first-order valence-electron chi connectivity index (χ1n) is 7.23. The van der Waals surface area contributed by atoms with E-state index in [0.29, 0.717) is 12.1 Å². The number of benzene rings is 1. The number of hydrogen-bond acceptors (Lipinski definition) is 3. The van der Waals surface area contributed by atoms with Crippen LogP contribution in [0.15, 0.2) is 24.3 Å². The lowest BCUT2D eigenvalue weighted by Crippen LogP contribution is -2.45. The standard InChI is InChI=1S/C16H23N3O3/c1-10(2)8-13(16(17)22)19-15(21)9-14(20)18-12-6-4-11(3)5-7-12/h4-7,10,13H,8-9H2,1-3H3,(H2,17,22)(H,18,20)(H,19,21)/t13-/m0/s1. The minimum Gasteiger partial charge on any atom is -0.368 e. The van der Waals surface area contributed by atoms with Gasteiger partial charge in [-0.3, -0.25) is 14.4 Å². The monoisotopic (exact) mass is 305 g/mol. The van der Waals surface area contributed by atoms with E-state index in [-0.39, 0.29) is 12.3 Å². The van der Waals surface area contributed by atoms with E-state index in [0.717, 1.165) is 5.56 Å². The molecule has 22 heavy (non-hydrogen) atoms. The first-order chi connectivity index (χ1) is 10.3. The van der Waals surface area contributed by atoms with Gasteiger partial charge in [0.25, 0.3) is 0 Å². The van der Waals surface area contributed by atoms with E-state index < -0.39 is 23.8 Å². The predicted octanol–water partition coefficient (Wildman–Crippen LogP) is 1.34. The summed E-state index contributed by atoms with van der Waals surface area (Å²) in [5.41, 5.74) is 6.95. The van der Waals surface area contributed by atoms with Crippen LogP contribution in [-0.4, -0.2) is 23.8 Å². The summed E-state index contributed by atoms with van der Waals surface area (Å²) in [6, 6.07) is 6.49. The molecule has 0 spiro atoms. The molecule has 1 atom stereocenters. The van der Waals surface area contributed by atoms with E-state index in [1.54, 1.807) is 12.1 Å². The maximum absolute atomic E-state index is 11.8. The van der Waals surface area contributed by atoms with Gasteiger partial charge in [0.2, 0.25) is 17.7 Å². The van der Waals surface area contributed by atoms with Crippen molar-refractivity contribution in [3.63, 3.8) is 0 Å². The van der Waals surface area contributed by atoms with Gasteiger partial charge in [-0.15, -0.1) is 0 Å². The fraction of sp³-hybridized carbons (Fsp3) is 0.438. The van der Waals surface area contributed by atoms with Crippen LogP contribution >= 0.6 is 0 Å². The molecule has 1 rings (SSSR count). The Kier molecular flexibility index (Phi) is 6.56. The SMILES string of the molecule is Cc1ccc(NC(=O)CC(=O)N[C@@H](CC(C)C)C(N)=O)cc1. The zero-order chi connectivity index (χ0) is 16.7. The van der Waals surface area contributed by atoms with E-state index in [1.165, 1.54) is 0 Å². The van der Waals surface area contributed by atoms with Crippen LogP contribution in [0.25, 0.3) is 0 Å². The van der Waals surface area contributed by atoms with E-state index in [2.05, 4.69) is 10.6 Å². The van der Waals surface area contributed by atoms with Crippen molar-refractivity contribution >= 4 is 23.4 Å². The molecule has 0 aliphatic rings.